The third-order valence-corrected chi connectivity index (χ3v) is 2.27. The third-order valence-electron chi connectivity index (χ3n) is 2.27. The Morgan fingerprint density at radius 2 is 2.31 bits per heavy atom. The minimum Gasteiger partial charge on any atom is -0.464 e. The van der Waals surface area contributed by atoms with Gasteiger partial charge in [0.1, 0.15) is 6.04 Å². The molecule has 1 saturated heterocycles. The summed E-state index contributed by atoms with van der Waals surface area (Å²) in [5, 5.41) is 2.63. The van der Waals surface area contributed by atoms with Crippen LogP contribution in [0.15, 0.2) is 0 Å². The molecule has 1 fully saturated rings. The van der Waals surface area contributed by atoms with Gasteiger partial charge in [0.15, 0.2) is 0 Å². The Labute approximate surface area is 77.6 Å². The second-order valence-electron chi connectivity index (χ2n) is 3.15. The van der Waals surface area contributed by atoms with Crippen molar-refractivity contribution in [2.24, 2.45) is 5.92 Å². The van der Waals surface area contributed by atoms with Crippen LogP contribution in [0.25, 0.3) is 0 Å². The average Bonchev–Trinajstić information content (AvgIpc) is 2.47. The van der Waals surface area contributed by atoms with E-state index in [0.29, 0.717) is 13.0 Å². The molecular weight excluding hydrogens is 170 g/mol. The first-order valence-electron chi connectivity index (χ1n) is 4.66. The molecule has 74 valence electrons. The number of carbonyl (C=O) groups excluding carboxylic acids is 2. The second-order valence-corrected chi connectivity index (χ2v) is 3.15. The summed E-state index contributed by atoms with van der Waals surface area (Å²) in [4.78, 5) is 22.4. The topological polar surface area (TPSA) is 55.4 Å². The molecule has 0 aliphatic carbocycles. The summed E-state index contributed by atoms with van der Waals surface area (Å²) in [7, 11) is 0. The first kappa shape index (κ1) is 10.0. The molecule has 0 unspecified atom stereocenters. The van der Waals surface area contributed by atoms with Crippen molar-refractivity contribution in [2.75, 3.05) is 6.61 Å². The molecule has 4 nitrogen and oxygen atoms in total. The molecule has 1 rings (SSSR count). The number of hydrogen-bond donors (Lipinski definition) is 1. The van der Waals surface area contributed by atoms with Gasteiger partial charge in [-0.05, 0) is 19.8 Å². The van der Waals surface area contributed by atoms with Gasteiger partial charge in [0.2, 0.25) is 5.91 Å². The molecule has 1 N–H and O–H groups in total. The van der Waals surface area contributed by atoms with Crippen molar-refractivity contribution in [1.82, 2.24) is 5.32 Å². The molecule has 0 aromatic rings. The SMILES string of the molecule is CCOC(=O)[C@@H]1C[C@H](CC)C(=O)N1. The van der Waals surface area contributed by atoms with Crippen LogP contribution in [-0.4, -0.2) is 24.5 Å². The minimum atomic E-state index is -0.419. The van der Waals surface area contributed by atoms with E-state index in [9.17, 15) is 9.59 Å². The second kappa shape index (κ2) is 4.25. The van der Waals surface area contributed by atoms with Crippen LogP contribution in [0.5, 0.6) is 0 Å². The van der Waals surface area contributed by atoms with Crippen molar-refractivity contribution in [1.29, 1.82) is 0 Å². The molecule has 1 heterocycles. The molecule has 13 heavy (non-hydrogen) atoms. The zero-order valence-corrected chi connectivity index (χ0v) is 8.00. The fourth-order valence-corrected chi connectivity index (χ4v) is 1.49. The van der Waals surface area contributed by atoms with Gasteiger partial charge < -0.3 is 10.1 Å². The van der Waals surface area contributed by atoms with E-state index in [4.69, 9.17) is 4.74 Å². The predicted octanol–water partition coefficient (Wildman–Crippen LogP) is 0.464. The van der Waals surface area contributed by atoms with Gasteiger partial charge in [0, 0.05) is 5.92 Å². The average molecular weight is 185 g/mol. The van der Waals surface area contributed by atoms with E-state index in [2.05, 4.69) is 5.32 Å². The van der Waals surface area contributed by atoms with Crippen molar-refractivity contribution >= 4 is 11.9 Å². The van der Waals surface area contributed by atoms with Crippen LogP contribution < -0.4 is 5.32 Å². The standard InChI is InChI=1S/C9H15NO3/c1-3-6-5-7(10-8(6)11)9(12)13-4-2/h6-7H,3-5H2,1-2H3,(H,10,11)/t6-,7-/m0/s1. The van der Waals surface area contributed by atoms with Gasteiger partial charge >= 0.3 is 5.97 Å². The lowest BCUT2D eigenvalue weighted by Crippen LogP contribution is -2.34. The maximum absolute atomic E-state index is 11.2. The van der Waals surface area contributed by atoms with Gasteiger partial charge in [-0.25, -0.2) is 4.79 Å². The molecule has 1 amide bonds. The van der Waals surface area contributed by atoms with E-state index < -0.39 is 6.04 Å². The lowest BCUT2D eigenvalue weighted by atomic mass is 10.0. The molecule has 1 aliphatic heterocycles. The molecule has 0 bridgehead atoms. The number of carbonyl (C=O) groups is 2. The fourth-order valence-electron chi connectivity index (χ4n) is 1.49. The Kier molecular flexibility index (Phi) is 3.28. The van der Waals surface area contributed by atoms with Crippen LogP contribution in [0.4, 0.5) is 0 Å². The monoisotopic (exact) mass is 185 g/mol. The number of ether oxygens (including phenoxy) is 1. The molecule has 0 radical (unpaired) electrons. The summed E-state index contributed by atoms with van der Waals surface area (Å²) in [5.41, 5.74) is 0. The molecule has 0 aromatic carbocycles. The number of rotatable bonds is 3. The summed E-state index contributed by atoms with van der Waals surface area (Å²) in [5.74, 6) is -0.359. The fraction of sp³-hybridized carbons (Fsp3) is 0.778. The van der Waals surface area contributed by atoms with Gasteiger partial charge in [-0.3, -0.25) is 4.79 Å². The Morgan fingerprint density at radius 3 is 2.77 bits per heavy atom. The highest BCUT2D eigenvalue weighted by atomic mass is 16.5. The number of amides is 1. The van der Waals surface area contributed by atoms with Crippen LogP contribution >= 0.6 is 0 Å². The Hall–Kier alpha value is -1.06. The summed E-state index contributed by atoms with van der Waals surface area (Å²) >= 11 is 0. The summed E-state index contributed by atoms with van der Waals surface area (Å²) in [6.45, 7) is 4.06. The van der Waals surface area contributed by atoms with Crippen LogP contribution in [0.1, 0.15) is 26.7 Å². The van der Waals surface area contributed by atoms with Crippen molar-refractivity contribution in [3.63, 3.8) is 0 Å². The van der Waals surface area contributed by atoms with Crippen LogP contribution in [0.3, 0.4) is 0 Å². The predicted molar refractivity (Wildman–Crippen MR) is 47.0 cm³/mol. The molecular formula is C9H15NO3. The van der Waals surface area contributed by atoms with E-state index in [-0.39, 0.29) is 17.8 Å². The normalized spacial score (nSPS) is 27.1. The van der Waals surface area contributed by atoms with Crippen molar-refractivity contribution < 1.29 is 14.3 Å². The van der Waals surface area contributed by atoms with Gasteiger partial charge in [-0.15, -0.1) is 0 Å². The lowest BCUT2D eigenvalue weighted by Gasteiger charge is -2.07. The smallest absolute Gasteiger partial charge is 0.328 e. The quantitative estimate of drug-likeness (QED) is 0.650. The maximum Gasteiger partial charge on any atom is 0.328 e. The Morgan fingerprint density at radius 1 is 1.62 bits per heavy atom. The molecule has 2 atom stereocenters. The van der Waals surface area contributed by atoms with E-state index >= 15 is 0 Å². The maximum atomic E-state index is 11.2. The first-order chi connectivity index (χ1) is 6.19. The van der Waals surface area contributed by atoms with Crippen molar-refractivity contribution in [2.45, 2.75) is 32.7 Å². The van der Waals surface area contributed by atoms with Gasteiger partial charge in [0.05, 0.1) is 6.61 Å². The third kappa shape index (κ3) is 2.20. The molecule has 0 aromatic heterocycles. The Balaban J connectivity index is 2.48. The van der Waals surface area contributed by atoms with Gasteiger partial charge in [-0.2, -0.15) is 0 Å². The minimum absolute atomic E-state index is 0.0191. The van der Waals surface area contributed by atoms with E-state index in [1.807, 2.05) is 6.92 Å². The van der Waals surface area contributed by atoms with E-state index in [1.54, 1.807) is 6.92 Å². The number of nitrogens with one attached hydrogen (secondary N) is 1. The first-order valence-corrected chi connectivity index (χ1v) is 4.66. The summed E-state index contributed by atoms with van der Waals surface area (Å²) in [6.07, 6.45) is 1.36. The summed E-state index contributed by atoms with van der Waals surface area (Å²) in [6, 6.07) is -0.419. The Bertz CT molecular complexity index is 215. The van der Waals surface area contributed by atoms with Crippen LogP contribution in [0, 0.1) is 5.92 Å². The zero-order valence-electron chi connectivity index (χ0n) is 8.00. The number of hydrogen-bond acceptors (Lipinski definition) is 3. The van der Waals surface area contributed by atoms with Gasteiger partial charge in [-0.1, -0.05) is 6.92 Å². The van der Waals surface area contributed by atoms with Crippen LogP contribution in [0.2, 0.25) is 0 Å². The highest BCUT2D eigenvalue weighted by Crippen LogP contribution is 2.19. The van der Waals surface area contributed by atoms with Crippen molar-refractivity contribution in [3.8, 4) is 0 Å². The molecule has 0 spiro atoms. The lowest BCUT2D eigenvalue weighted by molar-refractivity contribution is -0.145. The van der Waals surface area contributed by atoms with E-state index in [0.717, 1.165) is 6.42 Å². The van der Waals surface area contributed by atoms with Crippen LogP contribution in [-0.2, 0) is 14.3 Å². The zero-order chi connectivity index (χ0) is 9.84. The highest BCUT2D eigenvalue weighted by Gasteiger charge is 2.35. The van der Waals surface area contributed by atoms with Gasteiger partial charge in [0.25, 0.3) is 0 Å². The number of esters is 1. The summed E-state index contributed by atoms with van der Waals surface area (Å²) < 4.78 is 4.81. The molecule has 4 heteroatoms. The molecule has 1 aliphatic rings. The largest absolute Gasteiger partial charge is 0.464 e. The highest BCUT2D eigenvalue weighted by molar-refractivity contribution is 5.89. The van der Waals surface area contributed by atoms with E-state index in [1.165, 1.54) is 0 Å². The molecule has 0 saturated carbocycles. The van der Waals surface area contributed by atoms with Crippen molar-refractivity contribution in [3.05, 3.63) is 0 Å².